The van der Waals surface area contributed by atoms with Crippen molar-refractivity contribution in [2.24, 2.45) is 0 Å². The number of halogens is 1. The Hall–Kier alpha value is -2.12. The molecule has 1 aliphatic rings. The van der Waals surface area contributed by atoms with E-state index in [1.165, 1.54) is 11.8 Å². The minimum atomic E-state index is -0.961. The Bertz CT molecular complexity index is 621. The Morgan fingerprint density at radius 3 is 2.48 bits per heavy atom. The summed E-state index contributed by atoms with van der Waals surface area (Å²) < 4.78 is 0. The molecule has 1 atom stereocenters. The molecule has 0 saturated carbocycles. The Morgan fingerprint density at radius 2 is 1.96 bits per heavy atom. The van der Waals surface area contributed by atoms with E-state index in [1.807, 2.05) is 24.3 Å². The lowest BCUT2D eigenvalue weighted by atomic mass is 10.2. The van der Waals surface area contributed by atoms with Gasteiger partial charge in [-0.2, -0.15) is 0 Å². The number of amides is 2. The maximum Gasteiger partial charge on any atom is 0.320 e. The predicted octanol–water partition coefficient (Wildman–Crippen LogP) is 1.26. The van der Waals surface area contributed by atoms with Gasteiger partial charge in [0.25, 0.3) is 0 Å². The standard InChI is InChI=1S/C17H23N3O4.ClH/c1-12(17(23)24)19(2)11-15(21)18-10-13-5-7-14(8-6-13)20-9-3-4-16(20)22;/h5-8,12H,3-4,9-11H2,1-2H3,(H,18,21)(H,23,24);1H. The van der Waals surface area contributed by atoms with Crippen LogP contribution in [0.2, 0.25) is 0 Å². The Morgan fingerprint density at radius 1 is 1.32 bits per heavy atom. The van der Waals surface area contributed by atoms with Crippen molar-refractivity contribution in [1.82, 2.24) is 10.2 Å². The number of carboxylic acids is 1. The zero-order valence-corrected chi connectivity index (χ0v) is 15.2. The Labute approximate surface area is 153 Å². The zero-order chi connectivity index (χ0) is 17.7. The highest BCUT2D eigenvalue weighted by Gasteiger charge is 2.21. The second kappa shape index (κ2) is 9.39. The average Bonchev–Trinajstić information content (AvgIpc) is 2.98. The van der Waals surface area contributed by atoms with E-state index in [0.29, 0.717) is 13.0 Å². The second-order valence-electron chi connectivity index (χ2n) is 6.02. The number of carbonyl (C=O) groups is 3. The molecule has 1 fully saturated rings. The van der Waals surface area contributed by atoms with Gasteiger partial charge >= 0.3 is 5.97 Å². The number of hydrogen-bond acceptors (Lipinski definition) is 4. The molecule has 1 saturated heterocycles. The molecule has 1 heterocycles. The summed E-state index contributed by atoms with van der Waals surface area (Å²) in [6.45, 7) is 2.67. The molecule has 0 spiro atoms. The van der Waals surface area contributed by atoms with Crippen molar-refractivity contribution in [3.8, 4) is 0 Å². The van der Waals surface area contributed by atoms with Gasteiger partial charge in [0.15, 0.2) is 0 Å². The van der Waals surface area contributed by atoms with Gasteiger partial charge < -0.3 is 15.3 Å². The molecule has 1 aromatic carbocycles. The summed E-state index contributed by atoms with van der Waals surface area (Å²) in [5.74, 6) is -1.05. The summed E-state index contributed by atoms with van der Waals surface area (Å²) in [6, 6.07) is 6.80. The van der Waals surface area contributed by atoms with Gasteiger partial charge in [0.2, 0.25) is 11.8 Å². The van der Waals surface area contributed by atoms with Gasteiger partial charge in [-0.25, -0.2) is 0 Å². The van der Waals surface area contributed by atoms with Crippen molar-refractivity contribution >= 4 is 35.9 Å². The average molecular weight is 370 g/mol. The van der Waals surface area contributed by atoms with E-state index in [4.69, 9.17) is 5.11 Å². The number of carbonyl (C=O) groups excluding carboxylic acids is 2. The molecule has 8 heteroatoms. The number of nitrogens with zero attached hydrogens (tertiary/aromatic N) is 2. The van der Waals surface area contributed by atoms with E-state index >= 15 is 0 Å². The molecule has 0 radical (unpaired) electrons. The first-order valence-electron chi connectivity index (χ1n) is 7.97. The summed E-state index contributed by atoms with van der Waals surface area (Å²) in [6.07, 6.45) is 1.49. The largest absolute Gasteiger partial charge is 0.480 e. The van der Waals surface area contributed by atoms with Gasteiger partial charge in [-0.05, 0) is 38.1 Å². The lowest BCUT2D eigenvalue weighted by Crippen LogP contribution is -2.42. The number of aliphatic carboxylic acids is 1. The second-order valence-corrected chi connectivity index (χ2v) is 6.02. The number of rotatable bonds is 7. The predicted molar refractivity (Wildman–Crippen MR) is 96.9 cm³/mol. The van der Waals surface area contributed by atoms with Crippen LogP contribution in [0.5, 0.6) is 0 Å². The normalized spacial score (nSPS) is 15.0. The Kier molecular flexibility index (Phi) is 7.86. The molecule has 0 aromatic heterocycles. The molecule has 2 N–H and O–H groups in total. The van der Waals surface area contributed by atoms with Crippen LogP contribution in [0, 0.1) is 0 Å². The van der Waals surface area contributed by atoms with Crippen molar-refractivity contribution in [2.45, 2.75) is 32.4 Å². The van der Waals surface area contributed by atoms with Crippen molar-refractivity contribution in [3.63, 3.8) is 0 Å². The topological polar surface area (TPSA) is 89.9 Å². The van der Waals surface area contributed by atoms with Crippen LogP contribution in [0.25, 0.3) is 0 Å². The fraction of sp³-hybridized carbons (Fsp3) is 0.471. The van der Waals surface area contributed by atoms with Crippen LogP contribution in [-0.4, -0.2) is 54.0 Å². The molecule has 2 amide bonds. The minimum absolute atomic E-state index is 0. The monoisotopic (exact) mass is 369 g/mol. The van der Waals surface area contributed by atoms with Crippen molar-refractivity contribution in [2.75, 3.05) is 25.0 Å². The first-order chi connectivity index (χ1) is 11.4. The number of hydrogen-bond donors (Lipinski definition) is 2. The van der Waals surface area contributed by atoms with E-state index in [9.17, 15) is 14.4 Å². The maximum absolute atomic E-state index is 11.9. The van der Waals surface area contributed by atoms with Crippen LogP contribution < -0.4 is 10.2 Å². The van der Waals surface area contributed by atoms with Crippen LogP contribution in [-0.2, 0) is 20.9 Å². The van der Waals surface area contributed by atoms with Crippen LogP contribution in [0.15, 0.2) is 24.3 Å². The van der Waals surface area contributed by atoms with Gasteiger partial charge in [0.1, 0.15) is 6.04 Å². The minimum Gasteiger partial charge on any atom is -0.480 e. The number of benzene rings is 1. The van der Waals surface area contributed by atoms with Crippen molar-refractivity contribution in [3.05, 3.63) is 29.8 Å². The molecule has 1 aliphatic heterocycles. The molecule has 1 unspecified atom stereocenters. The van der Waals surface area contributed by atoms with Crippen LogP contribution >= 0.6 is 12.4 Å². The maximum atomic E-state index is 11.9. The highest BCUT2D eigenvalue weighted by atomic mass is 35.5. The van der Waals surface area contributed by atoms with Crippen LogP contribution in [0.3, 0.4) is 0 Å². The van der Waals surface area contributed by atoms with Gasteiger partial charge in [-0.3, -0.25) is 19.3 Å². The summed E-state index contributed by atoms with van der Waals surface area (Å²) in [5, 5.41) is 11.7. The first-order valence-corrected chi connectivity index (χ1v) is 7.97. The van der Waals surface area contributed by atoms with E-state index in [2.05, 4.69) is 5.32 Å². The molecule has 0 bridgehead atoms. The molecular weight excluding hydrogens is 346 g/mol. The lowest BCUT2D eigenvalue weighted by molar-refractivity contribution is -0.142. The quantitative estimate of drug-likeness (QED) is 0.755. The van der Waals surface area contributed by atoms with Crippen LogP contribution in [0.1, 0.15) is 25.3 Å². The SMILES string of the molecule is CC(C(=O)O)N(C)CC(=O)NCc1ccc(N2CCCC2=O)cc1.Cl. The third kappa shape index (κ3) is 5.72. The van der Waals surface area contributed by atoms with Crippen molar-refractivity contribution < 1.29 is 19.5 Å². The van der Waals surface area contributed by atoms with E-state index < -0.39 is 12.0 Å². The number of carboxylic acid groups (broad SMARTS) is 1. The van der Waals surface area contributed by atoms with E-state index in [1.54, 1.807) is 11.9 Å². The fourth-order valence-corrected chi connectivity index (χ4v) is 2.52. The van der Waals surface area contributed by atoms with Gasteiger partial charge in [0.05, 0.1) is 6.54 Å². The summed E-state index contributed by atoms with van der Waals surface area (Å²) in [5.41, 5.74) is 1.80. The zero-order valence-electron chi connectivity index (χ0n) is 14.4. The number of likely N-dealkylation sites (N-methyl/N-ethyl adjacent to an activating group) is 1. The van der Waals surface area contributed by atoms with Crippen molar-refractivity contribution in [1.29, 1.82) is 0 Å². The Balaban J connectivity index is 0.00000312. The highest BCUT2D eigenvalue weighted by Crippen LogP contribution is 2.21. The summed E-state index contributed by atoms with van der Waals surface area (Å²) >= 11 is 0. The van der Waals surface area contributed by atoms with Crippen LogP contribution in [0.4, 0.5) is 5.69 Å². The molecule has 2 rings (SSSR count). The number of nitrogens with one attached hydrogen (secondary N) is 1. The number of anilines is 1. The summed E-state index contributed by atoms with van der Waals surface area (Å²) in [7, 11) is 1.60. The smallest absolute Gasteiger partial charge is 0.320 e. The highest BCUT2D eigenvalue weighted by molar-refractivity contribution is 5.95. The third-order valence-electron chi connectivity index (χ3n) is 4.22. The summed E-state index contributed by atoms with van der Waals surface area (Å²) in [4.78, 5) is 37.7. The van der Waals surface area contributed by atoms with Gasteiger partial charge in [0, 0.05) is 25.2 Å². The third-order valence-corrected chi connectivity index (χ3v) is 4.22. The molecule has 138 valence electrons. The molecule has 1 aromatic rings. The molecular formula is C17H24ClN3O4. The van der Waals surface area contributed by atoms with Gasteiger partial charge in [-0.15, -0.1) is 12.4 Å². The molecule has 7 nitrogen and oxygen atoms in total. The first kappa shape index (κ1) is 20.9. The lowest BCUT2D eigenvalue weighted by Gasteiger charge is -2.20. The van der Waals surface area contributed by atoms with Gasteiger partial charge in [-0.1, -0.05) is 12.1 Å². The fourth-order valence-electron chi connectivity index (χ4n) is 2.52. The van der Waals surface area contributed by atoms with E-state index in [0.717, 1.165) is 24.2 Å². The molecule has 0 aliphatic carbocycles. The van der Waals surface area contributed by atoms with E-state index in [-0.39, 0.29) is 30.8 Å². The molecule has 25 heavy (non-hydrogen) atoms.